The summed E-state index contributed by atoms with van der Waals surface area (Å²) in [5.41, 5.74) is 2.44. The third kappa shape index (κ3) is 4.04. The molecule has 0 unspecified atom stereocenters. The zero-order valence-electron chi connectivity index (χ0n) is 13.9. The Kier molecular flexibility index (Phi) is 5.78. The van der Waals surface area contributed by atoms with Gasteiger partial charge in [-0.15, -0.1) is 0 Å². The van der Waals surface area contributed by atoms with Gasteiger partial charge >= 0.3 is 0 Å². The summed E-state index contributed by atoms with van der Waals surface area (Å²) in [6, 6.07) is 12.2. The monoisotopic (exact) mass is 328 g/mol. The van der Waals surface area contributed by atoms with Crippen molar-refractivity contribution in [1.82, 2.24) is 5.32 Å². The molecule has 0 saturated carbocycles. The first-order valence-electron chi connectivity index (χ1n) is 7.40. The Labute approximate surface area is 140 Å². The highest BCUT2D eigenvalue weighted by molar-refractivity contribution is 6.45. The topological polar surface area (TPSA) is 80.2 Å². The first kappa shape index (κ1) is 17.3. The quantitative estimate of drug-likeness (QED) is 0.630. The maximum atomic E-state index is 12.0. The second kappa shape index (κ2) is 8.01. The SMILES string of the molecule is CNC(=O)C(=NOC)c1ccccc1COc1ccc(O)cc1C. The second-order valence-corrected chi connectivity index (χ2v) is 5.10. The second-order valence-electron chi connectivity index (χ2n) is 5.10. The van der Waals surface area contributed by atoms with Gasteiger partial charge in [0.2, 0.25) is 0 Å². The van der Waals surface area contributed by atoms with Crippen LogP contribution >= 0.6 is 0 Å². The van der Waals surface area contributed by atoms with Crippen LogP contribution in [0, 0.1) is 6.92 Å². The molecule has 6 nitrogen and oxygen atoms in total. The molecule has 0 aromatic heterocycles. The van der Waals surface area contributed by atoms with Gasteiger partial charge in [0.15, 0.2) is 5.71 Å². The predicted octanol–water partition coefficient (Wildman–Crippen LogP) is 2.38. The summed E-state index contributed by atoms with van der Waals surface area (Å²) in [6.07, 6.45) is 0. The fourth-order valence-electron chi connectivity index (χ4n) is 2.25. The maximum absolute atomic E-state index is 12.0. The Morgan fingerprint density at radius 2 is 2.00 bits per heavy atom. The lowest BCUT2D eigenvalue weighted by Crippen LogP contribution is -2.29. The third-order valence-electron chi connectivity index (χ3n) is 3.44. The summed E-state index contributed by atoms with van der Waals surface area (Å²) < 4.78 is 5.82. The van der Waals surface area contributed by atoms with E-state index in [2.05, 4.69) is 10.5 Å². The predicted molar refractivity (Wildman–Crippen MR) is 91.2 cm³/mol. The van der Waals surface area contributed by atoms with Crippen LogP contribution in [0.2, 0.25) is 0 Å². The normalized spacial score (nSPS) is 11.0. The largest absolute Gasteiger partial charge is 0.508 e. The minimum Gasteiger partial charge on any atom is -0.508 e. The first-order valence-corrected chi connectivity index (χ1v) is 7.40. The fraction of sp³-hybridized carbons (Fsp3) is 0.222. The summed E-state index contributed by atoms with van der Waals surface area (Å²) in [4.78, 5) is 16.8. The highest BCUT2D eigenvalue weighted by Crippen LogP contribution is 2.24. The number of nitrogens with one attached hydrogen (secondary N) is 1. The van der Waals surface area contributed by atoms with Crippen LogP contribution in [0.25, 0.3) is 0 Å². The van der Waals surface area contributed by atoms with E-state index in [4.69, 9.17) is 9.57 Å². The van der Waals surface area contributed by atoms with E-state index in [0.29, 0.717) is 11.3 Å². The van der Waals surface area contributed by atoms with Crippen LogP contribution in [0.15, 0.2) is 47.6 Å². The van der Waals surface area contributed by atoms with Crippen molar-refractivity contribution >= 4 is 11.6 Å². The van der Waals surface area contributed by atoms with Crippen LogP contribution in [0.4, 0.5) is 0 Å². The van der Waals surface area contributed by atoms with Gasteiger partial charge in [0, 0.05) is 12.6 Å². The number of likely N-dealkylation sites (N-methyl/N-ethyl adjacent to an activating group) is 1. The number of benzene rings is 2. The Morgan fingerprint density at radius 3 is 2.67 bits per heavy atom. The van der Waals surface area contributed by atoms with Crippen LogP contribution < -0.4 is 10.1 Å². The molecule has 2 rings (SSSR count). The van der Waals surface area contributed by atoms with Crippen LogP contribution in [0.3, 0.4) is 0 Å². The molecular weight excluding hydrogens is 308 g/mol. The van der Waals surface area contributed by atoms with E-state index in [1.165, 1.54) is 14.2 Å². The first-order chi connectivity index (χ1) is 11.6. The molecule has 0 saturated heterocycles. The van der Waals surface area contributed by atoms with Gasteiger partial charge in [0.05, 0.1) is 0 Å². The number of aromatic hydroxyl groups is 1. The minimum atomic E-state index is -0.342. The van der Waals surface area contributed by atoms with E-state index in [0.717, 1.165) is 11.1 Å². The van der Waals surface area contributed by atoms with Gasteiger partial charge in [-0.3, -0.25) is 4.79 Å². The van der Waals surface area contributed by atoms with Gasteiger partial charge in [-0.05, 0) is 36.2 Å². The number of hydrogen-bond donors (Lipinski definition) is 2. The molecule has 2 N–H and O–H groups in total. The Hall–Kier alpha value is -3.02. The lowest BCUT2D eigenvalue weighted by atomic mass is 10.0. The number of nitrogens with zero attached hydrogens (tertiary/aromatic N) is 1. The molecule has 126 valence electrons. The summed E-state index contributed by atoms with van der Waals surface area (Å²) in [6.45, 7) is 2.10. The molecule has 2 aromatic rings. The third-order valence-corrected chi connectivity index (χ3v) is 3.44. The number of rotatable bonds is 6. The molecule has 0 aliphatic carbocycles. The number of phenols is 1. The molecule has 0 spiro atoms. The molecule has 0 atom stereocenters. The number of oxime groups is 1. The number of carbonyl (C=O) groups excluding carboxylic acids is 1. The van der Waals surface area contributed by atoms with E-state index in [9.17, 15) is 9.90 Å². The highest BCUT2D eigenvalue weighted by atomic mass is 16.6. The molecule has 0 bridgehead atoms. The van der Waals surface area contributed by atoms with Crippen LogP contribution in [-0.2, 0) is 16.2 Å². The van der Waals surface area contributed by atoms with E-state index in [-0.39, 0.29) is 24.0 Å². The number of amides is 1. The lowest BCUT2D eigenvalue weighted by molar-refractivity contribution is -0.114. The van der Waals surface area contributed by atoms with Gasteiger partial charge < -0.3 is 20.0 Å². The van der Waals surface area contributed by atoms with Crippen LogP contribution in [0.1, 0.15) is 16.7 Å². The van der Waals surface area contributed by atoms with Crippen molar-refractivity contribution < 1.29 is 19.5 Å². The zero-order valence-corrected chi connectivity index (χ0v) is 13.9. The molecular formula is C18H20N2O4. The molecule has 0 aliphatic rings. The van der Waals surface area contributed by atoms with Gasteiger partial charge in [0.1, 0.15) is 25.2 Å². The standard InChI is InChI=1S/C18H20N2O4/c1-12-10-14(21)8-9-16(12)24-11-13-6-4-5-7-15(13)17(20-23-3)18(22)19-2/h4-10,21H,11H2,1-3H3,(H,19,22). The van der Waals surface area contributed by atoms with Crippen LogP contribution in [-0.4, -0.2) is 30.9 Å². The number of carbonyl (C=O) groups is 1. The summed E-state index contributed by atoms with van der Waals surface area (Å²) in [7, 11) is 2.92. The van der Waals surface area contributed by atoms with E-state index >= 15 is 0 Å². The number of hydrogen-bond acceptors (Lipinski definition) is 5. The Balaban J connectivity index is 2.28. The summed E-state index contributed by atoms with van der Waals surface area (Å²) in [5, 5.41) is 15.8. The Morgan fingerprint density at radius 1 is 1.25 bits per heavy atom. The number of ether oxygens (including phenoxy) is 1. The fourth-order valence-corrected chi connectivity index (χ4v) is 2.25. The summed E-state index contributed by atoms with van der Waals surface area (Å²) >= 11 is 0. The van der Waals surface area contributed by atoms with Gasteiger partial charge in [-0.2, -0.15) is 0 Å². The average molecular weight is 328 g/mol. The van der Waals surface area contributed by atoms with Crippen molar-refractivity contribution in [1.29, 1.82) is 0 Å². The van der Waals surface area contributed by atoms with Crippen LogP contribution in [0.5, 0.6) is 11.5 Å². The van der Waals surface area contributed by atoms with Crippen molar-refractivity contribution in [3.05, 3.63) is 59.2 Å². The van der Waals surface area contributed by atoms with Crippen molar-refractivity contribution in [2.24, 2.45) is 5.16 Å². The smallest absolute Gasteiger partial charge is 0.273 e. The molecule has 0 fully saturated rings. The van der Waals surface area contributed by atoms with E-state index < -0.39 is 0 Å². The molecule has 1 amide bonds. The number of aryl methyl sites for hydroxylation is 1. The molecule has 0 aliphatic heterocycles. The molecule has 6 heteroatoms. The minimum absolute atomic E-state index is 0.182. The van der Waals surface area contributed by atoms with Gasteiger partial charge in [0.25, 0.3) is 5.91 Å². The van der Waals surface area contributed by atoms with Crippen molar-refractivity contribution in [3.8, 4) is 11.5 Å². The lowest BCUT2D eigenvalue weighted by Gasteiger charge is -2.13. The zero-order chi connectivity index (χ0) is 17.5. The molecule has 0 radical (unpaired) electrons. The maximum Gasteiger partial charge on any atom is 0.273 e. The Bertz CT molecular complexity index is 756. The summed E-state index contributed by atoms with van der Waals surface area (Å²) in [5.74, 6) is 0.507. The molecule has 24 heavy (non-hydrogen) atoms. The van der Waals surface area contributed by atoms with Crippen molar-refractivity contribution in [3.63, 3.8) is 0 Å². The van der Waals surface area contributed by atoms with Crippen molar-refractivity contribution in [2.45, 2.75) is 13.5 Å². The highest BCUT2D eigenvalue weighted by Gasteiger charge is 2.17. The van der Waals surface area contributed by atoms with E-state index in [1.54, 1.807) is 24.3 Å². The molecule has 0 heterocycles. The van der Waals surface area contributed by atoms with E-state index in [1.807, 2.05) is 25.1 Å². The van der Waals surface area contributed by atoms with Gasteiger partial charge in [-0.1, -0.05) is 29.4 Å². The van der Waals surface area contributed by atoms with Crippen molar-refractivity contribution in [2.75, 3.05) is 14.2 Å². The van der Waals surface area contributed by atoms with Gasteiger partial charge in [-0.25, -0.2) is 0 Å². The average Bonchev–Trinajstić information content (AvgIpc) is 2.59. The number of phenolic OH excluding ortho intramolecular Hbond substituents is 1. The molecule has 2 aromatic carbocycles.